The summed E-state index contributed by atoms with van der Waals surface area (Å²) in [7, 11) is -3.64. The van der Waals surface area contributed by atoms with E-state index in [9.17, 15) is 13.2 Å². The van der Waals surface area contributed by atoms with Crippen molar-refractivity contribution in [1.29, 1.82) is 0 Å². The molecule has 0 radical (unpaired) electrons. The lowest BCUT2D eigenvalue weighted by molar-refractivity contribution is -0.0212. The maximum absolute atomic E-state index is 13.3. The van der Waals surface area contributed by atoms with Crippen LogP contribution in [0.4, 0.5) is 0 Å². The van der Waals surface area contributed by atoms with Crippen molar-refractivity contribution >= 4 is 15.9 Å². The Bertz CT molecular complexity index is 1150. The smallest absolute Gasteiger partial charge is 0.251 e. The Morgan fingerprint density at radius 1 is 1.09 bits per heavy atom. The lowest BCUT2D eigenvalue weighted by Crippen LogP contribution is -2.42. The zero-order valence-corrected chi connectivity index (χ0v) is 21.8. The summed E-state index contributed by atoms with van der Waals surface area (Å²) in [6.07, 6.45) is 3.02. The maximum Gasteiger partial charge on any atom is 0.251 e. The van der Waals surface area contributed by atoms with Crippen LogP contribution in [0.25, 0.3) is 0 Å². The van der Waals surface area contributed by atoms with Gasteiger partial charge in [-0.1, -0.05) is 36.8 Å². The van der Waals surface area contributed by atoms with Gasteiger partial charge in [0.05, 0.1) is 17.6 Å². The van der Waals surface area contributed by atoms with Crippen LogP contribution in [0, 0.1) is 6.92 Å². The molecule has 190 valence electrons. The number of ether oxygens (including phenoxy) is 1. The lowest BCUT2D eigenvalue weighted by Gasteiger charge is -2.32. The molecule has 2 aliphatic rings. The van der Waals surface area contributed by atoms with Gasteiger partial charge >= 0.3 is 0 Å². The molecule has 0 spiro atoms. The first-order valence-corrected chi connectivity index (χ1v) is 14.0. The summed E-state index contributed by atoms with van der Waals surface area (Å²) in [4.78, 5) is 15.6. The molecule has 2 fully saturated rings. The summed E-state index contributed by atoms with van der Waals surface area (Å²) in [5.41, 5.74) is 3.36. The molecule has 4 rings (SSSR count). The summed E-state index contributed by atoms with van der Waals surface area (Å²) in [6.45, 7) is 10.2. The molecule has 0 saturated carbocycles. The summed E-state index contributed by atoms with van der Waals surface area (Å²) >= 11 is 0. The van der Waals surface area contributed by atoms with Gasteiger partial charge in [0.2, 0.25) is 10.0 Å². The van der Waals surface area contributed by atoms with Crippen LogP contribution in [-0.4, -0.2) is 61.9 Å². The van der Waals surface area contributed by atoms with Crippen molar-refractivity contribution in [2.75, 3.05) is 26.2 Å². The van der Waals surface area contributed by atoms with Gasteiger partial charge in [0.25, 0.3) is 5.91 Å². The normalized spacial score (nSPS) is 22.1. The average Bonchev–Trinajstić information content (AvgIpc) is 2.83. The Morgan fingerprint density at radius 2 is 1.89 bits per heavy atom. The van der Waals surface area contributed by atoms with E-state index in [1.165, 1.54) is 11.6 Å². The van der Waals surface area contributed by atoms with Gasteiger partial charge in [-0.05, 0) is 62.4 Å². The summed E-state index contributed by atoms with van der Waals surface area (Å²) in [6, 6.07) is 13.1. The first-order chi connectivity index (χ1) is 16.7. The third kappa shape index (κ3) is 6.30. The van der Waals surface area contributed by atoms with Crippen molar-refractivity contribution in [2.45, 2.75) is 70.2 Å². The summed E-state index contributed by atoms with van der Waals surface area (Å²) in [5, 5.41) is 2.98. The fraction of sp³-hybridized carbons (Fsp3) is 0.519. The molecule has 8 heteroatoms. The van der Waals surface area contributed by atoms with Gasteiger partial charge in [-0.25, -0.2) is 8.42 Å². The van der Waals surface area contributed by atoms with Gasteiger partial charge in [0.1, 0.15) is 0 Å². The second-order valence-corrected chi connectivity index (χ2v) is 11.7. The van der Waals surface area contributed by atoms with E-state index in [2.05, 4.69) is 29.3 Å². The van der Waals surface area contributed by atoms with Crippen molar-refractivity contribution in [1.82, 2.24) is 14.5 Å². The molecule has 2 aliphatic heterocycles. The molecule has 2 atom stereocenters. The topological polar surface area (TPSA) is 79.0 Å². The van der Waals surface area contributed by atoms with Crippen LogP contribution in [-0.2, 0) is 27.8 Å². The van der Waals surface area contributed by atoms with Gasteiger partial charge in [-0.15, -0.1) is 0 Å². The maximum atomic E-state index is 13.3. The lowest BCUT2D eigenvalue weighted by atomic mass is 10.1. The highest BCUT2D eigenvalue weighted by Gasteiger charge is 2.31. The van der Waals surface area contributed by atoms with E-state index in [1.807, 2.05) is 26.0 Å². The van der Waals surface area contributed by atoms with E-state index >= 15 is 0 Å². The number of carbonyl (C=O) groups is 1. The molecule has 35 heavy (non-hydrogen) atoms. The van der Waals surface area contributed by atoms with Crippen molar-refractivity contribution < 1.29 is 17.9 Å². The first kappa shape index (κ1) is 25.8. The number of rotatable bonds is 7. The third-order valence-corrected chi connectivity index (χ3v) is 8.99. The third-order valence-electron chi connectivity index (χ3n) is 6.98. The van der Waals surface area contributed by atoms with Crippen molar-refractivity contribution in [3.63, 3.8) is 0 Å². The first-order valence-electron chi connectivity index (χ1n) is 12.6. The molecule has 2 aromatic carbocycles. The standard InChI is InChI=1S/C27H37N3O4S/c1-20-10-11-25(35(32,33)30-12-5-4-7-21(30)2)16-26(20)27(31)28-17-23-8-6-9-24(15-23)19-29-13-14-34-22(3)18-29/h6,8-11,15-16,21-22H,4-5,7,12-14,17-19H2,1-3H3,(H,28,31). The van der Waals surface area contributed by atoms with Gasteiger partial charge in [0.15, 0.2) is 0 Å². The molecule has 0 aromatic heterocycles. The molecule has 0 bridgehead atoms. The quantitative estimate of drug-likeness (QED) is 0.628. The number of hydrogen-bond donors (Lipinski definition) is 1. The zero-order valence-electron chi connectivity index (χ0n) is 21.0. The Labute approximate surface area is 209 Å². The molecule has 1 N–H and O–H groups in total. The molecule has 2 heterocycles. The number of benzene rings is 2. The molecule has 2 saturated heterocycles. The number of piperidine rings is 1. The van der Waals surface area contributed by atoms with Gasteiger partial charge in [-0.2, -0.15) is 4.31 Å². The van der Waals surface area contributed by atoms with E-state index in [0.717, 1.165) is 56.6 Å². The average molecular weight is 500 g/mol. The molecule has 2 unspecified atom stereocenters. The molecular weight excluding hydrogens is 462 g/mol. The minimum Gasteiger partial charge on any atom is -0.376 e. The number of morpholine rings is 1. The molecule has 0 aliphatic carbocycles. The van der Waals surface area contributed by atoms with E-state index in [1.54, 1.807) is 16.4 Å². The second-order valence-electron chi connectivity index (χ2n) is 9.86. The van der Waals surface area contributed by atoms with Gasteiger partial charge < -0.3 is 10.1 Å². The monoisotopic (exact) mass is 499 g/mol. The number of nitrogens with zero attached hydrogens (tertiary/aromatic N) is 2. The van der Waals surface area contributed by atoms with E-state index < -0.39 is 10.0 Å². The van der Waals surface area contributed by atoms with Crippen LogP contribution >= 0.6 is 0 Å². The summed E-state index contributed by atoms with van der Waals surface area (Å²) in [5.74, 6) is -0.265. The number of sulfonamides is 1. The van der Waals surface area contributed by atoms with Gasteiger partial charge in [-0.3, -0.25) is 9.69 Å². The number of hydrogen-bond acceptors (Lipinski definition) is 5. The van der Waals surface area contributed by atoms with Crippen LogP contribution in [0.3, 0.4) is 0 Å². The van der Waals surface area contributed by atoms with Crippen molar-refractivity contribution in [3.8, 4) is 0 Å². The number of nitrogens with one attached hydrogen (secondary N) is 1. The zero-order chi connectivity index (χ0) is 25.0. The minimum atomic E-state index is -3.64. The van der Waals surface area contributed by atoms with Crippen molar-refractivity contribution in [3.05, 3.63) is 64.7 Å². The van der Waals surface area contributed by atoms with E-state index in [-0.39, 0.29) is 22.9 Å². The number of amides is 1. The Kier molecular flexibility index (Phi) is 8.27. The van der Waals surface area contributed by atoms with E-state index in [0.29, 0.717) is 18.7 Å². The molecule has 2 aromatic rings. The largest absolute Gasteiger partial charge is 0.376 e. The predicted molar refractivity (Wildman–Crippen MR) is 137 cm³/mol. The highest BCUT2D eigenvalue weighted by Crippen LogP contribution is 2.26. The van der Waals surface area contributed by atoms with Crippen molar-refractivity contribution in [2.24, 2.45) is 0 Å². The highest BCUT2D eigenvalue weighted by atomic mass is 32.2. The molecular formula is C27H37N3O4S. The second kappa shape index (κ2) is 11.2. The minimum absolute atomic E-state index is 0.0275. The predicted octanol–water partition coefficient (Wildman–Crippen LogP) is 3.71. The van der Waals surface area contributed by atoms with Crippen LogP contribution in [0.5, 0.6) is 0 Å². The Morgan fingerprint density at radius 3 is 2.66 bits per heavy atom. The highest BCUT2D eigenvalue weighted by molar-refractivity contribution is 7.89. The SMILES string of the molecule is Cc1ccc(S(=O)(=O)N2CCCCC2C)cc1C(=O)NCc1cccc(CN2CCOC(C)C2)c1. The van der Waals surface area contributed by atoms with Crippen LogP contribution < -0.4 is 5.32 Å². The number of aryl methyl sites for hydroxylation is 1. The Balaban J connectivity index is 1.43. The van der Waals surface area contributed by atoms with Crippen LogP contribution in [0.15, 0.2) is 47.4 Å². The molecule has 7 nitrogen and oxygen atoms in total. The number of carbonyl (C=O) groups excluding carboxylic acids is 1. The molecule has 1 amide bonds. The van der Waals surface area contributed by atoms with Gasteiger partial charge in [0, 0.05) is 44.3 Å². The fourth-order valence-electron chi connectivity index (χ4n) is 4.98. The van der Waals surface area contributed by atoms with Crippen LogP contribution in [0.1, 0.15) is 60.2 Å². The summed E-state index contributed by atoms with van der Waals surface area (Å²) < 4.78 is 33.7. The fourth-order valence-corrected chi connectivity index (χ4v) is 6.70. The Hall–Kier alpha value is -2.26. The van der Waals surface area contributed by atoms with Crippen LogP contribution in [0.2, 0.25) is 0 Å². The van der Waals surface area contributed by atoms with E-state index in [4.69, 9.17) is 4.74 Å².